The summed E-state index contributed by atoms with van der Waals surface area (Å²) in [5.41, 5.74) is 3.73. The van der Waals surface area contributed by atoms with Crippen LogP contribution in [0.5, 0.6) is 0 Å². The van der Waals surface area contributed by atoms with Crippen LogP contribution in [0.2, 0.25) is 0 Å². The molecule has 3 heterocycles. The summed E-state index contributed by atoms with van der Waals surface area (Å²) in [5, 5.41) is 7.03. The van der Waals surface area contributed by atoms with E-state index in [1.54, 1.807) is 24.6 Å². The van der Waals surface area contributed by atoms with E-state index in [1.165, 1.54) is 28.0 Å². The molecule has 9 heteroatoms. The molecule has 6 nitrogen and oxygen atoms in total. The molecule has 0 saturated carbocycles. The number of carbonyl (C=O) groups is 2. The van der Waals surface area contributed by atoms with Gasteiger partial charge < -0.3 is 10.1 Å². The number of hydrogen-bond acceptors (Lipinski definition) is 8. The van der Waals surface area contributed by atoms with Crippen molar-refractivity contribution in [3.63, 3.8) is 0 Å². The third kappa shape index (κ3) is 4.85. The average molecular weight is 524 g/mol. The summed E-state index contributed by atoms with van der Waals surface area (Å²) in [6, 6.07) is 10.1. The number of nitrogens with one attached hydrogen (secondary N) is 1. The Bertz CT molecular complexity index is 1380. The molecule has 1 aliphatic carbocycles. The molecule has 5 rings (SSSR count). The van der Waals surface area contributed by atoms with Crippen molar-refractivity contribution in [1.82, 2.24) is 9.97 Å². The van der Waals surface area contributed by atoms with Crippen LogP contribution in [0.4, 0.5) is 5.00 Å². The van der Waals surface area contributed by atoms with Gasteiger partial charge in [0, 0.05) is 15.8 Å². The van der Waals surface area contributed by atoms with E-state index in [-0.39, 0.29) is 11.9 Å². The molecule has 0 radical (unpaired) electrons. The van der Waals surface area contributed by atoms with Crippen molar-refractivity contribution < 1.29 is 14.3 Å². The second kappa shape index (κ2) is 10.5. The van der Waals surface area contributed by atoms with Crippen molar-refractivity contribution >= 4 is 61.5 Å². The van der Waals surface area contributed by atoms with Gasteiger partial charge in [-0.1, -0.05) is 42.1 Å². The van der Waals surface area contributed by atoms with Crippen LogP contribution in [0.25, 0.3) is 21.3 Å². The van der Waals surface area contributed by atoms with E-state index >= 15 is 0 Å². The number of esters is 1. The highest BCUT2D eigenvalue weighted by Gasteiger charge is 2.28. The Kier molecular flexibility index (Phi) is 7.17. The van der Waals surface area contributed by atoms with E-state index in [1.807, 2.05) is 25.1 Å². The smallest absolute Gasteiger partial charge is 0.341 e. The number of benzene rings is 1. The average Bonchev–Trinajstić information content (AvgIpc) is 3.46. The maximum absolute atomic E-state index is 13.3. The van der Waals surface area contributed by atoms with Crippen LogP contribution >= 0.6 is 34.4 Å². The number of hydrogen-bond donors (Lipinski definition) is 1. The molecule has 1 amide bonds. The molecular formula is C26H25N3O3S3. The Morgan fingerprint density at radius 2 is 1.97 bits per heavy atom. The van der Waals surface area contributed by atoms with Crippen molar-refractivity contribution in [3.8, 4) is 11.1 Å². The van der Waals surface area contributed by atoms with Crippen molar-refractivity contribution in [2.24, 2.45) is 0 Å². The van der Waals surface area contributed by atoms with Crippen LogP contribution in [-0.2, 0) is 22.4 Å². The van der Waals surface area contributed by atoms with Gasteiger partial charge in [-0.25, -0.2) is 14.8 Å². The number of aromatic nitrogens is 2. The fraction of sp³-hybridized carbons (Fsp3) is 0.308. The van der Waals surface area contributed by atoms with Gasteiger partial charge in [-0.15, -0.1) is 22.7 Å². The summed E-state index contributed by atoms with van der Waals surface area (Å²) in [7, 11) is 0. The van der Waals surface area contributed by atoms with Crippen molar-refractivity contribution in [2.75, 3.05) is 11.9 Å². The van der Waals surface area contributed by atoms with Crippen molar-refractivity contribution in [1.29, 1.82) is 0 Å². The molecule has 4 aromatic rings. The van der Waals surface area contributed by atoms with E-state index in [9.17, 15) is 9.59 Å². The summed E-state index contributed by atoms with van der Waals surface area (Å²) in [4.78, 5) is 37.0. The number of carbonyl (C=O) groups excluding carboxylic acids is 2. The maximum Gasteiger partial charge on any atom is 0.341 e. The Morgan fingerprint density at radius 3 is 2.77 bits per heavy atom. The highest BCUT2D eigenvalue weighted by molar-refractivity contribution is 8.00. The molecule has 1 atom stereocenters. The SMILES string of the molecule is CCOC(=O)c1c(NC(=O)C(C)Sc2ncnc3scc(-c4ccccc4)c23)sc2c1CCCC2. The Morgan fingerprint density at radius 1 is 1.17 bits per heavy atom. The van der Waals surface area contributed by atoms with Crippen LogP contribution in [-0.4, -0.2) is 33.7 Å². The number of fused-ring (bicyclic) bond motifs is 2. The predicted octanol–water partition coefficient (Wildman–Crippen LogP) is 6.59. The van der Waals surface area contributed by atoms with Gasteiger partial charge in [0.2, 0.25) is 5.91 Å². The third-order valence-electron chi connectivity index (χ3n) is 5.97. The molecule has 180 valence electrons. The lowest BCUT2D eigenvalue weighted by atomic mass is 9.95. The molecular weight excluding hydrogens is 499 g/mol. The van der Waals surface area contributed by atoms with Gasteiger partial charge in [-0.05, 0) is 50.7 Å². The van der Waals surface area contributed by atoms with Gasteiger partial charge in [-0.3, -0.25) is 4.79 Å². The number of thioether (sulfide) groups is 1. The lowest BCUT2D eigenvalue weighted by molar-refractivity contribution is -0.115. The minimum Gasteiger partial charge on any atom is -0.462 e. The summed E-state index contributed by atoms with van der Waals surface area (Å²) in [6.45, 7) is 3.96. The second-order valence-corrected chi connectivity index (χ2v) is 11.6. The van der Waals surface area contributed by atoms with Gasteiger partial charge in [0.15, 0.2) is 0 Å². The highest BCUT2D eigenvalue weighted by Crippen LogP contribution is 2.41. The summed E-state index contributed by atoms with van der Waals surface area (Å²) in [5.74, 6) is -0.520. The number of nitrogens with zero attached hydrogens (tertiary/aromatic N) is 2. The topological polar surface area (TPSA) is 81.2 Å². The Hall–Kier alpha value is -2.75. The predicted molar refractivity (Wildman–Crippen MR) is 144 cm³/mol. The number of thiophene rings is 2. The fourth-order valence-corrected chi connectivity index (χ4v) is 7.47. The fourth-order valence-electron chi connectivity index (χ4n) is 4.27. The number of rotatable bonds is 7. The lowest BCUT2D eigenvalue weighted by Crippen LogP contribution is -2.23. The quantitative estimate of drug-likeness (QED) is 0.167. The van der Waals surface area contributed by atoms with Crippen molar-refractivity contribution in [2.45, 2.75) is 49.8 Å². The molecule has 1 N–H and O–H groups in total. The molecule has 0 bridgehead atoms. The molecule has 1 unspecified atom stereocenters. The zero-order valence-corrected chi connectivity index (χ0v) is 21.9. The molecule has 0 aliphatic heterocycles. The lowest BCUT2D eigenvalue weighted by Gasteiger charge is -2.14. The maximum atomic E-state index is 13.3. The summed E-state index contributed by atoms with van der Waals surface area (Å²) < 4.78 is 5.32. The molecule has 1 aromatic carbocycles. The van der Waals surface area contributed by atoms with E-state index in [2.05, 4.69) is 32.8 Å². The number of amides is 1. The number of aryl methyl sites for hydroxylation is 1. The highest BCUT2D eigenvalue weighted by atomic mass is 32.2. The van der Waals surface area contributed by atoms with Crippen molar-refractivity contribution in [3.05, 3.63) is 58.0 Å². The first-order chi connectivity index (χ1) is 17.1. The Labute approximate surface area is 216 Å². The first-order valence-electron chi connectivity index (χ1n) is 11.6. The zero-order chi connectivity index (χ0) is 24.4. The Balaban J connectivity index is 1.41. The largest absolute Gasteiger partial charge is 0.462 e. The number of ether oxygens (including phenoxy) is 1. The monoisotopic (exact) mass is 523 g/mol. The standard InChI is InChI=1S/C26H25N3O3S3/c1-3-32-26(31)21-17-11-7-8-12-19(17)35-25(21)29-22(30)15(2)34-24-20-18(16-9-5-4-6-10-16)13-33-23(20)27-14-28-24/h4-6,9-10,13-15H,3,7-8,11-12H2,1-2H3,(H,29,30). The van der Waals surface area contributed by atoms with Gasteiger partial charge in [0.25, 0.3) is 0 Å². The minimum absolute atomic E-state index is 0.164. The summed E-state index contributed by atoms with van der Waals surface area (Å²) in [6.07, 6.45) is 5.48. The van der Waals surface area contributed by atoms with E-state index in [0.717, 1.165) is 57.6 Å². The van der Waals surface area contributed by atoms with Crippen LogP contribution in [0.1, 0.15) is 47.5 Å². The van der Waals surface area contributed by atoms with Crippen LogP contribution in [0, 0.1) is 0 Å². The van der Waals surface area contributed by atoms with E-state index < -0.39 is 5.25 Å². The molecule has 0 spiro atoms. The number of anilines is 1. The zero-order valence-electron chi connectivity index (χ0n) is 19.5. The molecule has 3 aromatic heterocycles. The molecule has 0 saturated heterocycles. The molecule has 1 aliphatic rings. The van der Waals surface area contributed by atoms with Gasteiger partial charge in [0.1, 0.15) is 21.2 Å². The normalized spacial score (nSPS) is 13.9. The van der Waals surface area contributed by atoms with E-state index in [0.29, 0.717) is 17.2 Å². The molecule has 35 heavy (non-hydrogen) atoms. The van der Waals surface area contributed by atoms with Gasteiger partial charge in [0.05, 0.1) is 22.8 Å². The first-order valence-corrected chi connectivity index (χ1v) is 14.2. The van der Waals surface area contributed by atoms with Gasteiger partial charge >= 0.3 is 5.97 Å². The first kappa shape index (κ1) is 24.0. The minimum atomic E-state index is -0.425. The van der Waals surface area contributed by atoms with E-state index in [4.69, 9.17) is 4.74 Å². The third-order valence-corrected chi connectivity index (χ3v) is 9.16. The van der Waals surface area contributed by atoms with Crippen LogP contribution < -0.4 is 5.32 Å². The molecule has 0 fully saturated rings. The second-order valence-electron chi connectivity index (χ2n) is 8.26. The van der Waals surface area contributed by atoms with Crippen LogP contribution in [0.15, 0.2) is 47.1 Å². The summed E-state index contributed by atoms with van der Waals surface area (Å²) >= 11 is 4.48. The van der Waals surface area contributed by atoms with Gasteiger partial charge in [-0.2, -0.15) is 0 Å². The van der Waals surface area contributed by atoms with Crippen LogP contribution in [0.3, 0.4) is 0 Å².